The molecule has 0 aliphatic rings. The molecule has 0 saturated heterocycles. The molecular formula is C21H14F4N2O. The molecule has 7 heteroatoms. The van der Waals surface area contributed by atoms with Gasteiger partial charge in [0.2, 0.25) is 5.91 Å². The molecule has 2 N–H and O–H groups in total. The molecule has 142 valence electrons. The number of nitrogens with two attached hydrogens (primary N) is 1. The lowest BCUT2D eigenvalue weighted by molar-refractivity contribution is -0.140. The van der Waals surface area contributed by atoms with Crippen molar-refractivity contribution in [3.63, 3.8) is 0 Å². The highest BCUT2D eigenvalue weighted by Gasteiger charge is 2.34. The molecule has 0 unspecified atom stereocenters. The van der Waals surface area contributed by atoms with Crippen LogP contribution in [0.25, 0.3) is 21.8 Å². The predicted octanol–water partition coefficient (Wildman–Crippen LogP) is 5.10. The molecule has 0 aliphatic carbocycles. The zero-order chi connectivity index (χ0) is 20.1. The summed E-state index contributed by atoms with van der Waals surface area (Å²) < 4.78 is 54.6. The number of carbonyl (C=O) groups is 1. The van der Waals surface area contributed by atoms with Gasteiger partial charge in [-0.15, -0.1) is 0 Å². The molecule has 0 atom stereocenters. The number of fused-ring (bicyclic) bond motifs is 3. The van der Waals surface area contributed by atoms with Crippen LogP contribution in [0.4, 0.5) is 17.6 Å². The summed E-state index contributed by atoms with van der Waals surface area (Å²) in [6, 6.07) is 15.3. The maximum absolute atomic E-state index is 13.6. The Balaban J connectivity index is 1.95. The lowest BCUT2D eigenvalue weighted by Crippen LogP contribution is -2.11. The maximum atomic E-state index is 13.6. The number of halogens is 4. The molecule has 1 aromatic heterocycles. The van der Waals surface area contributed by atoms with Gasteiger partial charge in [0, 0.05) is 28.4 Å². The zero-order valence-corrected chi connectivity index (χ0v) is 14.4. The number of amides is 1. The number of carbonyl (C=O) groups excluding carboxylic acids is 1. The van der Waals surface area contributed by atoms with Gasteiger partial charge in [0.05, 0.1) is 11.1 Å². The number of aromatic nitrogens is 1. The Bertz CT molecular complexity index is 1220. The van der Waals surface area contributed by atoms with Crippen LogP contribution in [0.3, 0.4) is 0 Å². The van der Waals surface area contributed by atoms with Crippen LogP contribution in [0, 0.1) is 5.82 Å². The lowest BCUT2D eigenvalue weighted by atomic mass is 10.1. The van der Waals surface area contributed by atoms with E-state index in [1.54, 1.807) is 28.8 Å². The van der Waals surface area contributed by atoms with Gasteiger partial charge in [0.25, 0.3) is 0 Å². The number of alkyl halides is 3. The van der Waals surface area contributed by atoms with Crippen molar-refractivity contribution >= 4 is 27.7 Å². The van der Waals surface area contributed by atoms with Gasteiger partial charge in [0.15, 0.2) is 0 Å². The first-order valence-electron chi connectivity index (χ1n) is 8.43. The van der Waals surface area contributed by atoms with Crippen molar-refractivity contribution in [1.82, 2.24) is 4.57 Å². The maximum Gasteiger partial charge on any atom is 0.419 e. The molecule has 28 heavy (non-hydrogen) atoms. The highest BCUT2D eigenvalue weighted by Crippen LogP contribution is 2.34. The largest absolute Gasteiger partial charge is 0.419 e. The van der Waals surface area contributed by atoms with E-state index >= 15 is 0 Å². The molecule has 0 saturated carbocycles. The highest BCUT2D eigenvalue weighted by atomic mass is 19.4. The predicted molar refractivity (Wildman–Crippen MR) is 98.5 cm³/mol. The van der Waals surface area contributed by atoms with E-state index in [2.05, 4.69) is 0 Å². The van der Waals surface area contributed by atoms with E-state index in [4.69, 9.17) is 5.73 Å². The molecule has 1 heterocycles. The first-order valence-corrected chi connectivity index (χ1v) is 8.43. The van der Waals surface area contributed by atoms with E-state index in [1.807, 2.05) is 18.2 Å². The second-order valence-corrected chi connectivity index (χ2v) is 6.48. The fraction of sp³-hybridized carbons (Fsp3) is 0.0952. The number of rotatable bonds is 3. The van der Waals surface area contributed by atoms with Crippen LogP contribution < -0.4 is 5.73 Å². The van der Waals surface area contributed by atoms with E-state index in [0.29, 0.717) is 22.0 Å². The van der Waals surface area contributed by atoms with Gasteiger partial charge >= 0.3 is 6.18 Å². The van der Waals surface area contributed by atoms with E-state index in [9.17, 15) is 22.4 Å². The van der Waals surface area contributed by atoms with Crippen molar-refractivity contribution in [3.05, 3.63) is 83.2 Å². The molecule has 0 spiro atoms. The molecule has 3 aromatic carbocycles. The van der Waals surface area contributed by atoms with Gasteiger partial charge in [-0.25, -0.2) is 4.39 Å². The van der Waals surface area contributed by atoms with Gasteiger partial charge in [-0.1, -0.05) is 30.3 Å². The Morgan fingerprint density at radius 3 is 2.39 bits per heavy atom. The number of nitrogens with zero attached hydrogens (tertiary/aromatic N) is 1. The summed E-state index contributed by atoms with van der Waals surface area (Å²) in [5.41, 5.74) is 6.23. The molecule has 1 amide bonds. The molecular weight excluding hydrogens is 372 g/mol. The minimum Gasteiger partial charge on any atom is -0.366 e. The second kappa shape index (κ2) is 6.37. The lowest BCUT2D eigenvalue weighted by Gasteiger charge is -2.12. The number of benzene rings is 3. The van der Waals surface area contributed by atoms with Crippen molar-refractivity contribution in [1.29, 1.82) is 0 Å². The van der Waals surface area contributed by atoms with Crippen molar-refractivity contribution in [2.45, 2.75) is 12.7 Å². The van der Waals surface area contributed by atoms with E-state index in [0.717, 1.165) is 23.0 Å². The number of hydrogen-bond acceptors (Lipinski definition) is 1. The standard InChI is InChI=1S/C21H14F4N2O/c22-16-9-8-12(10-15(16)21(23,24)25)11-27-17-6-2-1-4-13(17)19-14(20(26)28)5-3-7-18(19)27/h1-10H,11H2,(H2,26,28). The number of para-hydroxylation sites is 1. The van der Waals surface area contributed by atoms with Crippen molar-refractivity contribution in [2.24, 2.45) is 5.73 Å². The normalized spacial score (nSPS) is 12.0. The van der Waals surface area contributed by atoms with E-state index < -0.39 is 23.5 Å². The summed E-state index contributed by atoms with van der Waals surface area (Å²) in [4.78, 5) is 11.9. The van der Waals surface area contributed by atoms with Gasteiger partial charge in [-0.05, 0) is 35.9 Å². The Kier molecular flexibility index (Phi) is 4.10. The molecule has 3 nitrogen and oxygen atoms in total. The average Bonchev–Trinajstić information content (AvgIpc) is 2.96. The first-order chi connectivity index (χ1) is 13.3. The van der Waals surface area contributed by atoms with Crippen LogP contribution in [0.2, 0.25) is 0 Å². The van der Waals surface area contributed by atoms with Gasteiger partial charge < -0.3 is 10.3 Å². The smallest absolute Gasteiger partial charge is 0.366 e. The minimum absolute atomic E-state index is 0.0790. The monoisotopic (exact) mass is 386 g/mol. The van der Waals surface area contributed by atoms with Gasteiger partial charge in [0.1, 0.15) is 5.82 Å². The third kappa shape index (κ3) is 2.89. The van der Waals surface area contributed by atoms with Crippen LogP contribution in [0.1, 0.15) is 21.5 Å². The van der Waals surface area contributed by atoms with Crippen molar-refractivity contribution < 1.29 is 22.4 Å². The zero-order valence-electron chi connectivity index (χ0n) is 14.4. The third-order valence-electron chi connectivity index (χ3n) is 4.74. The van der Waals surface area contributed by atoms with Crippen LogP contribution in [-0.4, -0.2) is 10.5 Å². The average molecular weight is 386 g/mol. The van der Waals surface area contributed by atoms with Gasteiger partial charge in [-0.3, -0.25) is 4.79 Å². The quantitative estimate of drug-likeness (QED) is 0.490. The topological polar surface area (TPSA) is 48.0 Å². The van der Waals surface area contributed by atoms with Crippen LogP contribution in [0.5, 0.6) is 0 Å². The van der Waals surface area contributed by atoms with Gasteiger partial charge in [-0.2, -0.15) is 13.2 Å². The van der Waals surface area contributed by atoms with Crippen LogP contribution >= 0.6 is 0 Å². The summed E-state index contributed by atoms with van der Waals surface area (Å²) in [7, 11) is 0. The molecule has 0 aliphatic heterocycles. The first kappa shape index (κ1) is 18.0. The molecule has 4 aromatic rings. The summed E-state index contributed by atoms with van der Waals surface area (Å²) in [6.07, 6.45) is -4.78. The van der Waals surface area contributed by atoms with Crippen molar-refractivity contribution in [2.75, 3.05) is 0 Å². The molecule has 4 rings (SSSR count). The van der Waals surface area contributed by atoms with Crippen LogP contribution in [-0.2, 0) is 12.7 Å². The summed E-state index contributed by atoms with van der Waals surface area (Å²) >= 11 is 0. The summed E-state index contributed by atoms with van der Waals surface area (Å²) in [5, 5.41) is 1.41. The summed E-state index contributed by atoms with van der Waals surface area (Å²) in [5.74, 6) is -1.90. The molecule has 0 bridgehead atoms. The molecule has 0 radical (unpaired) electrons. The number of hydrogen-bond donors (Lipinski definition) is 1. The Hall–Kier alpha value is -3.35. The van der Waals surface area contributed by atoms with Crippen molar-refractivity contribution in [3.8, 4) is 0 Å². The van der Waals surface area contributed by atoms with Crippen LogP contribution in [0.15, 0.2) is 60.7 Å². The number of primary amides is 1. The minimum atomic E-state index is -4.78. The second-order valence-electron chi connectivity index (χ2n) is 6.48. The SMILES string of the molecule is NC(=O)c1cccc2c1c1ccccc1n2Cc1ccc(F)c(C(F)(F)F)c1. The molecule has 0 fully saturated rings. The highest BCUT2D eigenvalue weighted by molar-refractivity contribution is 6.17. The third-order valence-corrected chi connectivity index (χ3v) is 4.74. The fourth-order valence-electron chi connectivity index (χ4n) is 3.54. The fourth-order valence-corrected chi connectivity index (χ4v) is 3.54. The van der Waals surface area contributed by atoms with E-state index in [-0.39, 0.29) is 6.54 Å². The van der Waals surface area contributed by atoms with E-state index in [1.165, 1.54) is 6.07 Å². The Morgan fingerprint density at radius 2 is 1.68 bits per heavy atom. The Labute approximate surface area is 157 Å². The summed E-state index contributed by atoms with van der Waals surface area (Å²) in [6.45, 7) is 0.0790. The Morgan fingerprint density at radius 1 is 0.964 bits per heavy atom.